The van der Waals surface area contributed by atoms with E-state index in [2.05, 4.69) is 57.4 Å². The summed E-state index contributed by atoms with van der Waals surface area (Å²) in [4.78, 5) is 23.1. The number of fused-ring (bicyclic) bond motifs is 3. The number of nitrogens with one attached hydrogen (secondary N) is 1. The molecule has 0 atom stereocenters. The second-order valence-corrected chi connectivity index (χ2v) is 7.83. The molecule has 0 bridgehead atoms. The molecule has 0 aliphatic heterocycles. The quantitative estimate of drug-likeness (QED) is 0.518. The number of carbonyl (C=O) groups excluding carboxylic acids is 1. The number of amides is 1. The predicted octanol–water partition coefficient (Wildman–Crippen LogP) is 5.04. The molecule has 3 aromatic carbocycles. The number of alkyl carbamates (subject to hydrolysis) is 1. The first-order valence-electron chi connectivity index (χ1n) is 9.65. The van der Waals surface area contributed by atoms with Crippen molar-refractivity contribution in [2.45, 2.75) is 5.92 Å². The highest BCUT2D eigenvalue weighted by atomic mass is 79.9. The van der Waals surface area contributed by atoms with E-state index in [1.54, 1.807) is 6.07 Å². The van der Waals surface area contributed by atoms with E-state index in [0.29, 0.717) is 10.0 Å². The number of carboxylic acid groups (broad SMARTS) is 1. The maximum Gasteiger partial charge on any atom is 0.407 e. The van der Waals surface area contributed by atoms with Crippen molar-refractivity contribution in [1.29, 1.82) is 0 Å². The van der Waals surface area contributed by atoms with Crippen LogP contribution in [0.25, 0.3) is 11.1 Å². The van der Waals surface area contributed by atoms with Gasteiger partial charge in [-0.3, -0.25) is 0 Å². The molecular formula is C25H18BrNO4. The fourth-order valence-electron chi connectivity index (χ4n) is 3.65. The van der Waals surface area contributed by atoms with Gasteiger partial charge in [0, 0.05) is 16.0 Å². The lowest BCUT2D eigenvalue weighted by Gasteiger charge is -2.14. The van der Waals surface area contributed by atoms with Gasteiger partial charge in [-0.25, -0.2) is 9.59 Å². The molecule has 0 spiro atoms. The summed E-state index contributed by atoms with van der Waals surface area (Å²) in [7, 11) is 0. The zero-order valence-electron chi connectivity index (χ0n) is 16.4. The molecule has 5 nitrogen and oxygen atoms in total. The van der Waals surface area contributed by atoms with E-state index in [0.717, 1.165) is 11.1 Å². The van der Waals surface area contributed by atoms with E-state index in [1.807, 2.05) is 24.3 Å². The van der Waals surface area contributed by atoms with Crippen molar-refractivity contribution in [2.75, 3.05) is 13.2 Å². The second kappa shape index (κ2) is 9.07. The molecule has 0 unspecified atom stereocenters. The normalized spacial score (nSPS) is 11.6. The van der Waals surface area contributed by atoms with Crippen LogP contribution in [0, 0.1) is 11.8 Å². The lowest BCUT2D eigenvalue weighted by molar-refractivity contribution is 0.0696. The first-order chi connectivity index (χ1) is 15.0. The minimum absolute atomic E-state index is 0.00735. The molecule has 1 amide bonds. The summed E-state index contributed by atoms with van der Waals surface area (Å²) < 4.78 is 6.05. The molecule has 0 radical (unpaired) electrons. The first kappa shape index (κ1) is 20.7. The summed E-state index contributed by atoms with van der Waals surface area (Å²) in [6, 6.07) is 20.9. The molecule has 1 aliphatic rings. The van der Waals surface area contributed by atoms with E-state index >= 15 is 0 Å². The Morgan fingerprint density at radius 1 is 1.00 bits per heavy atom. The minimum atomic E-state index is -1.00. The summed E-state index contributed by atoms with van der Waals surface area (Å²) in [6.07, 6.45) is -0.531. The van der Waals surface area contributed by atoms with Crippen LogP contribution in [-0.2, 0) is 4.74 Å². The summed E-state index contributed by atoms with van der Waals surface area (Å²) in [5.41, 5.74) is 5.49. The first-order valence-corrected chi connectivity index (χ1v) is 10.4. The van der Waals surface area contributed by atoms with Crippen LogP contribution in [0.3, 0.4) is 0 Å². The van der Waals surface area contributed by atoms with Gasteiger partial charge >= 0.3 is 12.1 Å². The van der Waals surface area contributed by atoms with E-state index in [-0.39, 0.29) is 24.6 Å². The fraction of sp³-hybridized carbons (Fsp3) is 0.120. The molecular weight excluding hydrogens is 458 g/mol. The van der Waals surface area contributed by atoms with E-state index < -0.39 is 12.1 Å². The van der Waals surface area contributed by atoms with Crippen LogP contribution in [0.1, 0.15) is 33.0 Å². The molecule has 3 aromatic rings. The van der Waals surface area contributed by atoms with Crippen molar-refractivity contribution >= 4 is 28.0 Å². The largest absolute Gasteiger partial charge is 0.478 e. The second-order valence-electron chi connectivity index (χ2n) is 6.98. The topological polar surface area (TPSA) is 75.6 Å². The van der Waals surface area contributed by atoms with E-state index in [4.69, 9.17) is 9.84 Å². The van der Waals surface area contributed by atoms with Crippen LogP contribution >= 0.6 is 15.9 Å². The third kappa shape index (κ3) is 4.47. The van der Waals surface area contributed by atoms with Crippen molar-refractivity contribution in [3.8, 4) is 23.0 Å². The summed E-state index contributed by atoms with van der Waals surface area (Å²) in [5.74, 6) is 4.74. The van der Waals surface area contributed by atoms with Gasteiger partial charge in [-0.15, -0.1) is 0 Å². The third-order valence-corrected chi connectivity index (χ3v) is 5.76. The molecule has 0 saturated heterocycles. The highest BCUT2D eigenvalue weighted by molar-refractivity contribution is 9.10. The molecule has 6 heteroatoms. The molecule has 0 fully saturated rings. The molecule has 0 aromatic heterocycles. The highest BCUT2D eigenvalue weighted by Crippen LogP contribution is 2.44. The van der Waals surface area contributed by atoms with Crippen molar-refractivity contribution in [3.05, 3.63) is 93.5 Å². The van der Waals surface area contributed by atoms with Gasteiger partial charge in [0.25, 0.3) is 0 Å². The Kier molecular flexibility index (Phi) is 6.06. The number of hydrogen-bond acceptors (Lipinski definition) is 3. The van der Waals surface area contributed by atoms with Crippen molar-refractivity contribution in [2.24, 2.45) is 0 Å². The van der Waals surface area contributed by atoms with Crippen LogP contribution in [0.5, 0.6) is 0 Å². The monoisotopic (exact) mass is 475 g/mol. The number of rotatable bonds is 4. The zero-order chi connectivity index (χ0) is 21.8. The minimum Gasteiger partial charge on any atom is -0.478 e. The number of halogens is 1. The Balaban J connectivity index is 1.34. The van der Waals surface area contributed by atoms with E-state index in [9.17, 15) is 9.59 Å². The molecule has 31 heavy (non-hydrogen) atoms. The average Bonchev–Trinajstić information content (AvgIpc) is 3.10. The van der Waals surface area contributed by atoms with Gasteiger partial charge in [-0.1, -0.05) is 60.4 Å². The van der Waals surface area contributed by atoms with Gasteiger partial charge in [0.15, 0.2) is 0 Å². The molecule has 2 N–H and O–H groups in total. The average molecular weight is 476 g/mol. The SMILES string of the molecule is O=C(NCC#Cc1ccc(C(=O)O)cc1Br)OCC1c2ccccc2-c2ccccc21. The number of hydrogen-bond donors (Lipinski definition) is 2. The Bertz CT molecular complexity index is 1180. The summed E-state index contributed by atoms with van der Waals surface area (Å²) >= 11 is 3.31. The van der Waals surface area contributed by atoms with Crippen LogP contribution < -0.4 is 5.32 Å². The van der Waals surface area contributed by atoms with Crippen LogP contribution in [0.15, 0.2) is 71.2 Å². The van der Waals surface area contributed by atoms with Crippen LogP contribution in [0.2, 0.25) is 0 Å². The highest BCUT2D eigenvalue weighted by Gasteiger charge is 2.28. The smallest absolute Gasteiger partial charge is 0.407 e. The van der Waals surface area contributed by atoms with Crippen molar-refractivity contribution < 1.29 is 19.4 Å². The number of carbonyl (C=O) groups is 2. The van der Waals surface area contributed by atoms with Gasteiger partial charge in [0.1, 0.15) is 6.61 Å². The molecule has 1 aliphatic carbocycles. The number of aromatic carboxylic acids is 1. The molecule has 0 heterocycles. The number of carboxylic acids is 1. The Morgan fingerprint density at radius 2 is 1.65 bits per heavy atom. The number of benzene rings is 3. The summed E-state index contributed by atoms with van der Waals surface area (Å²) in [6.45, 7) is 0.360. The zero-order valence-corrected chi connectivity index (χ0v) is 18.0. The fourth-order valence-corrected chi connectivity index (χ4v) is 4.13. The van der Waals surface area contributed by atoms with Crippen LogP contribution in [0.4, 0.5) is 4.79 Å². The molecule has 4 rings (SSSR count). The predicted molar refractivity (Wildman–Crippen MR) is 121 cm³/mol. The molecule has 0 saturated carbocycles. The lowest BCUT2D eigenvalue weighted by atomic mass is 9.98. The number of ether oxygens (including phenoxy) is 1. The van der Waals surface area contributed by atoms with Gasteiger partial charge in [-0.2, -0.15) is 0 Å². The maximum absolute atomic E-state index is 12.1. The van der Waals surface area contributed by atoms with Crippen molar-refractivity contribution in [3.63, 3.8) is 0 Å². The van der Waals surface area contributed by atoms with E-state index in [1.165, 1.54) is 23.3 Å². The van der Waals surface area contributed by atoms with Gasteiger partial charge < -0.3 is 15.2 Å². The lowest BCUT2D eigenvalue weighted by Crippen LogP contribution is -2.26. The standard InChI is InChI=1S/C25H18BrNO4/c26-23-14-17(24(28)29)12-11-16(23)6-5-13-27-25(30)31-15-22-20-9-3-1-7-18(20)19-8-2-4-10-21(19)22/h1-4,7-12,14,22H,13,15H2,(H,27,30)(H,28,29). The van der Waals surface area contributed by atoms with Crippen molar-refractivity contribution in [1.82, 2.24) is 5.32 Å². The molecule has 154 valence electrons. The van der Waals surface area contributed by atoms with Gasteiger partial charge in [0.2, 0.25) is 0 Å². The Labute approximate surface area is 188 Å². The van der Waals surface area contributed by atoms with Gasteiger partial charge in [0.05, 0.1) is 12.1 Å². The third-order valence-electron chi connectivity index (χ3n) is 5.10. The van der Waals surface area contributed by atoms with Gasteiger partial charge in [-0.05, 0) is 56.4 Å². The Morgan fingerprint density at radius 3 is 2.26 bits per heavy atom. The van der Waals surface area contributed by atoms with Crippen LogP contribution in [-0.4, -0.2) is 30.3 Å². The maximum atomic E-state index is 12.1. The summed E-state index contributed by atoms with van der Waals surface area (Å²) in [5, 5.41) is 11.6. The Hall–Kier alpha value is -3.56.